The van der Waals surface area contributed by atoms with Gasteiger partial charge in [0.15, 0.2) is 0 Å². The Kier molecular flexibility index (Phi) is 6.84. The molecule has 0 spiro atoms. The first-order valence-electron chi connectivity index (χ1n) is 9.62. The van der Waals surface area contributed by atoms with Gasteiger partial charge in [0, 0.05) is 24.7 Å². The third kappa shape index (κ3) is 4.52. The lowest BCUT2D eigenvalue weighted by Crippen LogP contribution is -2.35. The molecule has 8 nitrogen and oxygen atoms in total. The zero-order valence-electron chi connectivity index (χ0n) is 17.3. The fourth-order valence-corrected chi connectivity index (χ4v) is 5.06. The number of carbonyl (C=O) groups excluding carboxylic acids is 1. The normalized spacial score (nSPS) is 14.8. The van der Waals surface area contributed by atoms with Crippen molar-refractivity contribution in [1.82, 2.24) is 4.31 Å². The molecule has 162 valence electrons. The first-order valence-corrected chi connectivity index (χ1v) is 11.1. The van der Waals surface area contributed by atoms with E-state index in [0.717, 1.165) is 19.3 Å². The lowest BCUT2D eigenvalue weighted by Gasteiger charge is -2.26. The van der Waals surface area contributed by atoms with Crippen LogP contribution < -0.4 is 19.5 Å². The van der Waals surface area contributed by atoms with Crippen molar-refractivity contribution in [2.75, 3.05) is 39.7 Å². The monoisotopic (exact) mass is 434 g/mol. The fraction of sp³-hybridized carbons (Fsp3) is 0.381. The third-order valence-corrected chi connectivity index (χ3v) is 6.94. The molecule has 0 atom stereocenters. The highest BCUT2D eigenvalue weighted by Gasteiger charge is 2.29. The van der Waals surface area contributed by atoms with Crippen molar-refractivity contribution >= 4 is 21.6 Å². The molecule has 2 aromatic carbocycles. The number of hydrogen-bond acceptors (Lipinski definition) is 6. The Morgan fingerprint density at radius 3 is 2.23 bits per heavy atom. The van der Waals surface area contributed by atoms with Gasteiger partial charge in [-0.2, -0.15) is 4.31 Å². The number of ether oxygens (including phenoxy) is 3. The zero-order chi connectivity index (χ0) is 21.7. The Balaban J connectivity index is 1.92. The molecule has 0 aromatic heterocycles. The van der Waals surface area contributed by atoms with E-state index in [-0.39, 0.29) is 16.2 Å². The van der Waals surface area contributed by atoms with Crippen LogP contribution >= 0.6 is 0 Å². The standard InChI is InChI=1S/C21H26N2O6S/c1-27-16-8-9-17(19(14-16)29-3)22-21(24)15-7-10-18(28-2)20(13-15)30(25,26)23-11-5-4-6-12-23/h7-10,13-14H,4-6,11-12H2,1-3H3,(H,22,24). The molecule has 1 amide bonds. The van der Waals surface area contributed by atoms with Gasteiger partial charge in [0.2, 0.25) is 10.0 Å². The summed E-state index contributed by atoms with van der Waals surface area (Å²) in [7, 11) is 0.664. The van der Waals surface area contributed by atoms with Crippen molar-refractivity contribution in [1.29, 1.82) is 0 Å². The van der Waals surface area contributed by atoms with E-state index in [4.69, 9.17) is 14.2 Å². The van der Waals surface area contributed by atoms with Crippen LogP contribution in [-0.2, 0) is 10.0 Å². The van der Waals surface area contributed by atoms with Crippen LogP contribution in [0.25, 0.3) is 0 Å². The summed E-state index contributed by atoms with van der Waals surface area (Å²) in [6.07, 6.45) is 2.65. The van der Waals surface area contributed by atoms with E-state index >= 15 is 0 Å². The van der Waals surface area contributed by atoms with Crippen LogP contribution in [0, 0.1) is 0 Å². The summed E-state index contributed by atoms with van der Waals surface area (Å²) in [6.45, 7) is 0.927. The number of sulfonamides is 1. The molecule has 1 saturated heterocycles. The number of piperidine rings is 1. The number of carbonyl (C=O) groups is 1. The third-order valence-electron chi connectivity index (χ3n) is 5.02. The van der Waals surface area contributed by atoms with Crippen LogP contribution in [-0.4, -0.2) is 53.0 Å². The highest BCUT2D eigenvalue weighted by Crippen LogP contribution is 2.32. The molecule has 0 aliphatic carbocycles. The molecule has 2 aromatic rings. The number of hydrogen-bond donors (Lipinski definition) is 1. The second-order valence-electron chi connectivity index (χ2n) is 6.85. The van der Waals surface area contributed by atoms with E-state index in [1.165, 1.54) is 43.8 Å². The molecule has 1 aliphatic rings. The molecule has 0 saturated carbocycles. The molecular formula is C21H26N2O6S. The Labute approximate surface area is 176 Å². The number of anilines is 1. The average Bonchev–Trinajstić information content (AvgIpc) is 2.79. The summed E-state index contributed by atoms with van der Waals surface area (Å²) in [4.78, 5) is 12.8. The van der Waals surface area contributed by atoms with Gasteiger partial charge in [-0.3, -0.25) is 4.79 Å². The molecule has 0 radical (unpaired) electrons. The van der Waals surface area contributed by atoms with E-state index in [0.29, 0.717) is 30.3 Å². The molecule has 1 fully saturated rings. The summed E-state index contributed by atoms with van der Waals surface area (Å²) < 4.78 is 43.5. The van der Waals surface area contributed by atoms with Gasteiger partial charge in [-0.15, -0.1) is 0 Å². The summed E-state index contributed by atoms with van der Waals surface area (Å²) >= 11 is 0. The predicted molar refractivity (Wildman–Crippen MR) is 113 cm³/mol. The smallest absolute Gasteiger partial charge is 0.255 e. The van der Waals surface area contributed by atoms with E-state index in [9.17, 15) is 13.2 Å². The number of amides is 1. The summed E-state index contributed by atoms with van der Waals surface area (Å²) in [5, 5.41) is 2.76. The van der Waals surface area contributed by atoms with Gasteiger partial charge < -0.3 is 19.5 Å². The van der Waals surface area contributed by atoms with Crippen LogP contribution in [0.5, 0.6) is 17.2 Å². The van der Waals surface area contributed by atoms with E-state index < -0.39 is 15.9 Å². The average molecular weight is 435 g/mol. The van der Waals surface area contributed by atoms with E-state index in [2.05, 4.69) is 5.32 Å². The first-order chi connectivity index (χ1) is 14.4. The molecule has 0 unspecified atom stereocenters. The van der Waals surface area contributed by atoms with Gasteiger partial charge in [0.1, 0.15) is 22.1 Å². The maximum atomic E-state index is 13.2. The van der Waals surface area contributed by atoms with Gasteiger partial charge >= 0.3 is 0 Å². The summed E-state index contributed by atoms with van der Waals surface area (Å²) in [6, 6.07) is 9.38. The number of rotatable bonds is 7. The predicted octanol–water partition coefficient (Wildman–Crippen LogP) is 3.14. The van der Waals surface area contributed by atoms with E-state index in [1.807, 2.05) is 0 Å². The molecule has 1 N–H and O–H groups in total. The summed E-state index contributed by atoms with van der Waals surface area (Å²) in [5.41, 5.74) is 0.642. The van der Waals surface area contributed by atoms with Crippen LogP contribution in [0.15, 0.2) is 41.3 Å². The van der Waals surface area contributed by atoms with Crippen LogP contribution in [0.1, 0.15) is 29.6 Å². The van der Waals surface area contributed by atoms with Crippen LogP contribution in [0.3, 0.4) is 0 Å². The Morgan fingerprint density at radius 2 is 1.60 bits per heavy atom. The van der Waals surface area contributed by atoms with E-state index in [1.54, 1.807) is 18.2 Å². The fourth-order valence-electron chi connectivity index (χ4n) is 3.36. The minimum absolute atomic E-state index is 0.0127. The Hall–Kier alpha value is -2.78. The zero-order valence-corrected chi connectivity index (χ0v) is 18.1. The van der Waals surface area contributed by atoms with Crippen molar-refractivity contribution < 1.29 is 27.4 Å². The van der Waals surface area contributed by atoms with Crippen molar-refractivity contribution in [2.24, 2.45) is 0 Å². The van der Waals surface area contributed by atoms with Crippen molar-refractivity contribution in [2.45, 2.75) is 24.2 Å². The maximum Gasteiger partial charge on any atom is 0.255 e. The lowest BCUT2D eigenvalue weighted by molar-refractivity contribution is 0.102. The topological polar surface area (TPSA) is 94.2 Å². The maximum absolute atomic E-state index is 13.2. The van der Waals surface area contributed by atoms with Gasteiger partial charge in [-0.1, -0.05) is 6.42 Å². The Bertz CT molecular complexity index is 1020. The molecule has 1 aliphatic heterocycles. The highest BCUT2D eigenvalue weighted by atomic mass is 32.2. The minimum atomic E-state index is -3.77. The minimum Gasteiger partial charge on any atom is -0.497 e. The number of nitrogens with zero attached hydrogens (tertiary/aromatic N) is 1. The van der Waals surface area contributed by atoms with Crippen molar-refractivity contribution in [3.8, 4) is 17.2 Å². The number of methoxy groups -OCH3 is 3. The van der Waals surface area contributed by atoms with Crippen LogP contribution in [0.4, 0.5) is 5.69 Å². The molecule has 0 bridgehead atoms. The molecule has 3 rings (SSSR count). The van der Waals surface area contributed by atoms with Crippen molar-refractivity contribution in [3.63, 3.8) is 0 Å². The Morgan fingerprint density at radius 1 is 0.900 bits per heavy atom. The van der Waals surface area contributed by atoms with Crippen LogP contribution in [0.2, 0.25) is 0 Å². The van der Waals surface area contributed by atoms with Gasteiger partial charge in [0.25, 0.3) is 5.91 Å². The highest BCUT2D eigenvalue weighted by molar-refractivity contribution is 7.89. The second-order valence-corrected chi connectivity index (χ2v) is 8.76. The largest absolute Gasteiger partial charge is 0.497 e. The SMILES string of the molecule is COc1ccc(NC(=O)c2ccc(OC)c(S(=O)(=O)N3CCCCC3)c2)c(OC)c1. The van der Waals surface area contributed by atoms with Gasteiger partial charge in [-0.25, -0.2) is 8.42 Å². The molecular weight excluding hydrogens is 408 g/mol. The van der Waals surface area contributed by atoms with Crippen molar-refractivity contribution in [3.05, 3.63) is 42.0 Å². The lowest BCUT2D eigenvalue weighted by atomic mass is 10.2. The number of nitrogens with one attached hydrogen (secondary N) is 1. The quantitative estimate of drug-likeness (QED) is 0.720. The summed E-state index contributed by atoms with van der Waals surface area (Å²) in [5.74, 6) is 0.761. The number of benzene rings is 2. The van der Waals surface area contributed by atoms with Gasteiger partial charge in [0.05, 0.1) is 27.0 Å². The molecule has 1 heterocycles. The van der Waals surface area contributed by atoms with Gasteiger partial charge in [-0.05, 0) is 43.2 Å². The second kappa shape index (κ2) is 9.36. The first kappa shape index (κ1) is 21.9. The molecule has 30 heavy (non-hydrogen) atoms. The molecule has 9 heteroatoms.